The van der Waals surface area contributed by atoms with Crippen LogP contribution in [0, 0.1) is 23.7 Å². The Balaban J connectivity index is 1.85. The molecular weight excluding hydrogens is 354 g/mol. The van der Waals surface area contributed by atoms with Crippen LogP contribution < -0.4 is 5.32 Å². The Morgan fingerprint density at radius 1 is 1.19 bits per heavy atom. The fourth-order valence-corrected chi connectivity index (χ4v) is 4.94. The molecule has 7 heteroatoms. The zero-order chi connectivity index (χ0) is 18.8. The first-order chi connectivity index (χ1) is 12.5. The van der Waals surface area contributed by atoms with Gasteiger partial charge in [-0.15, -0.1) is 11.3 Å². The Kier molecular flexibility index (Phi) is 5.46. The molecule has 140 valence electrons. The average Bonchev–Trinajstić information content (AvgIpc) is 3.05. The molecule has 1 heterocycles. The van der Waals surface area contributed by atoms with E-state index in [1.165, 1.54) is 11.3 Å². The number of rotatable bonds is 6. The first-order valence-electron chi connectivity index (χ1n) is 8.98. The van der Waals surface area contributed by atoms with Crippen LogP contribution in [0.1, 0.15) is 41.9 Å². The van der Waals surface area contributed by atoms with Gasteiger partial charge >= 0.3 is 11.9 Å². The van der Waals surface area contributed by atoms with Crippen molar-refractivity contribution in [1.29, 1.82) is 0 Å². The number of esters is 1. The number of fused-ring (bicyclic) bond motifs is 2. The maximum atomic E-state index is 12.9. The highest BCUT2D eigenvalue weighted by Gasteiger charge is 2.48. The Morgan fingerprint density at radius 3 is 2.38 bits per heavy atom. The van der Waals surface area contributed by atoms with E-state index in [9.17, 15) is 19.5 Å². The lowest BCUT2D eigenvalue weighted by atomic mass is 9.62. The fraction of sp³-hybridized carbons (Fsp3) is 0.526. The highest BCUT2D eigenvalue weighted by molar-refractivity contribution is 7.16. The molecule has 0 aliphatic heterocycles. The minimum atomic E-state index is -0.935. The highest BCUT2D eigenvalue weighted by Crippen LogP contribution is 2.45. The molecule has 1 saturated carbocycles. The number of nitrogens with one attached hydrogen (secondary N) is 1. The van der Waals surface area contributed by atoms with Gasteiger partial charge in [-0.2, -0.15) is 0 Å². The van der Waals surface area contributed by atoms with Gasteiger partial charge in [0.2, 0.25) is 5.91 Å². The van der Waals surface area contributed by atoms with Crippen molar-refractivity contribution in [3.8, 4) is 0 Å². The lowest BCUT2D eigenvalue weighted by Gasteiger charge is -2.41. The second-order valence-corrected chi connectivity index (χ2v) is 7.84. The SMILES string of the molecule is CCOC(=O)c1cc(CC)sc1NC(=O)[C@@H]1[C@@H](C(=O)O)[C@H]2C=C[C@H]1CC2. The molecule has 3 aliphatic rings. The van der Waals surface area contributed by atoms with Crippen molar-refractivity contribution >= 4 is 34.2 Å². The molecule has 4 atom stereocenters. The molecule has 1 amide bonds. The van der Waals surface area contributed by atoms with Gasteiger partial charge in [0.1, 0.15) is 5.00 Å². The van der Waals surface area contributed by atoms with Crippen molar-refractivity contribution in [3.63, 3.8) is 0 Å². The summed E-state index contributed by atoms with van der Waals surface area (Å²) < 4.78 is 5.07. The molecule has 1 fully saturated rings. The van der Waals surface area contributed by atoms with Crippen LogP contribution in [-0.2, 0) is 20.7 Å². The molecule has 0 spiro atoms. The smallest absolute Gasteiger partial charge is 0.341 e. The second kappa shape index (κ2) is 7.61. The number of carbonyl (C=O) groups excluding carboxylic acids is 2. The van der Waals surface area contributed by atoms with Crippen LogP contribution in [0.4, 0.5) is 5.00 Å². The van der Waals surface area contributed by atoms with Gasteiger partial charge < -0.3 is 15.2 Å². The van der Waals surface area contributed by atoms with Crippen molar-refractivity contribution in [1.82, 2.24) is 0 Å². The lowest BCUT2D eigenvalue weighted by molar-refractivity contribution is -0.151. The van der Waals surface area contributed by atoms with Gasteiger partial charge in [0, 0.05) is 4.88 Å². The molecule has 26 heavy (non-hydrogen) atoms. The summed E-state index contributed by atoms with van der Waals surface area (Å²) in [5.41, 5.74) is 0.338. The summed E-state index contributed by atoms with van der Waals surface area (Å²) >= 11 is 1.34. The number of anilines is 1. The number of amides is 1. The van der Waals surface area contributed by atoms with Crippen LogP contribution in [0.5, 0.6) is 0 Å². The number of allylic oxidation sites excluding steroid dienone is 2. The number of hydrogen-bond acceptors (Lipinski definition) is 5. The molecule has 1 aromatic rings. The molecule has 6 nitrogen and oxygen atoms in total. The van der Waals surface area contributed by atoms with Crippen LogP contribution >= 0.6 is 11.3 Å². The van der Waals surface area contributed by atoms with E-state index < -0.39 is 23.8 Å². The number of aliphatic carboxylic acids is 1. The summed E-state index contributed by atoms with van der Waals surface area (Å²) in [5, 5.41) is 12.9. The Morgan fingerprint density at radius 2 is 1.85 bits per heavy atom. The zero-order valence-electron chi connectivity index (χ0n) is 14.9. The number of aryl methyl sites for hydroxylation is 1. The number of carboxylic acids is 1. The second-order valence-electron chi connectivity index (χ2n) is 6.70. The molecule has 0 radical (unpaired) electrons. The van der Waals surface area contributed by atoms with Crippen molar-refractivity contribution in [2.24, 2.45) is 23.7 Å². The minimum Gasteiger partial charge on any atom is -0.481 e. The number of ether oxygens (including phenoxy) is 1. The summed E-state index contributed by atoms with van der Waals surface area (Å²) in [6, 6.07) is 1.74. The number of carbonyl (C=O) groups is 3. The normalized spacial score (nSPS) is 26.5. The largest absolute Gasteiger partial charge is 0.481 e. The molecule has 1 aromatic heterocycles. The van der Waals surface area contributed by atoms with Crippen LogP contribution in [0.3, 0.4) is 0 Å². The van der Waals surface area contributed by atoms with Crippen molar-refractivity contribution in [2.45, 2.75) is 33.1 Å². The Bertz CT molecular complexity index is 753. The minimum absolute atomic E-state index is 0.0715. The third-order valence-corrected chi connectivity index (χ3v) is 6.39. The summed E-state index contributed by atoms with van der Waals surface area (Å²) in [6.07, 6.45) is 6.26. The zero-order valence-corrected chi connectivity index (χ0v) is 15.7. The topological polar surface area (TPSA) is 92.7 Å². The summed E-state index contributed by atoms with van der Waals surface area (Å²) in [7, 11) is 0. The summed E-state index contributed by atoms with van der Waals surface area (Å²) in [6.45, 7) is 3.95. The van der Waals surface area contributed by atoms with Gasteiger partial charge in [0.25, 0.3) is 0 Å². The van der Waals surface area contributed by atoms with E-state index in [4.69, 9.17) is 4.74 Å². The van der Waals surface area contributed by atoms with Crippen LogP contribution in [0.15, 0.2) is 18.2 Å². The number of hydrogen-bond donors (Lipinski definition) is 2. The molecule has 0 saturated heterocycles. The van der Waals surface area contributed by atoms with E-state index in [1.54, 1.807) is 13.0 Å². The predicted molar refractivity (Wildman–Crippen MR) is 98.3 cm³/mol. The Labute approximate surface area is 156 Å². The predicted octanol–water partition coefficient (Wildman–Crippen LogP) is 3.34. The van der Waals surface area contributed by atoms with E-state index in [2.05, 4.69) is 5.32 Å². The Hall–Kier alpha value is -2.15. The van der Waals surface area contributed by atoms with Gasteiger partial charge in [0.15, 0.2) is 0 Å². The van der Waals surface area contributed by atoms with Gasteiger partial charge in [-0.3, -0.25) is 9.59 Å². The molecule has 2 bridgehead atoms. The van der Waals surface area contributed by atoms with Crippen LogP contribution in [0.25, 0.3) is 0 Å². The van der Waals surface area contributed by atoms with Crippen molar-refractivity contribution in [3.05, 3.63) is 28.7 Å². The van der Waals surface area contributed by atoms with E-state index >= 15 is 0 Å². The first-order valence-corrected chi connectivity index (χ1v) is 9.79. The molecule has 4 rings (SSSR count). The standard InChI is InChI=1S/C19H23NO5S/c1-3-12-9-13(19(24)25-4-2)17(26-12)20-16(21)14-10-5-7-11(8-6-10)15(14)18(22)23/h5,7,9-11,14-15H,3-4,6,8H2,1-2H3,(H,20,21)(H,22,23)/t10-,11-,14-,15-/m0/s1. The number of thiophene rings is 1. The van der Waals surface area contributed by atoms with Gasteiger partial charge in [-0.25, -0.2) is 4.79 Å². The van der Waals surface area contributed by atoms with Crippen molar-refractivity contribution in [2.75, 3.05) is 11.9 Å². The maximum absolute atomic E-state index is 12.9. The highest BCUT2D eigenvalue weighted by atomic mass is 32.1. The third kappa shape index (κ3) is 3.40. The van der Waals surface area contributed by atoms with E-state index in [0.29, 0.717) is 10.6 Å². The van der Waals surface area contributed by atoms with Crippen LogP contribution in [-0.4, -0.2) is 29.6 Å². The average molecular weight is 377 g/mol. The van der Waals surface area contributed by atoms with Gasteiger partial charge in [-0.05, 0) is 44.1 Å². The first kappa shape index (κ1) is 18.6. The van der Waals surface area contributed by atoms with Gasteiger partial charge in [-0.1, -0.05) is 19.1 Å². The van der Waals surface area contributed by atoms with Crippen LogP contribution in [0.2, 0.25) is 0 Å². The third-order valence-electron chi connectivity index (χ3n) is 5.20. The molecule has 0 unspecified atom stereocenters. The van der Waals surface area contributed by atoms with E-state index in [0.717, 1.165) is 24.1 Å². The monoisotopic (exact) mass is 377 g/mol. The van der Waals surface area contributed by atoms with Crippen molar-refractivity contribution < 1.29 is 24.2 Å². The fourth-order valence-electron chi connectivity index (χ4n) is 3.95. The summed E-state index contributed by atoms with van der Waals surface area (Å²) in [5.74, 6) is -3.24. The quantitative estimate of drug-likeness (QED) is 0.586. The van der Waals surface area contributed by atoms with E-state index in [1.807, 2.05) is 19.1 Å². The molecule has 0 aromatic carbocycles. The lowest BCUT2D eigenvalue weighted by Crippen LogP contribution is -2.47. The number of carboxylic acid groups (broad SMARTS) is 1. The molecular formula is C19H23NO5S. The van der Waals surface area contributed by atoms with E-state index in [-0.39, 0.29) is 24.3 Å². The maximum Gasteiger partial charge on any atom is 0.341 e. The molecule has 3 aliphatic carbocycles. The molecule has 2 N–H and O–H groups in total. The van der Waals surface area contributed by atoms with Gasteiger partial charge in [0.05, 0.1) is 24.0 Å². The summed E-state index contributed by atoms with van der Waals surface area (Å²) in [4.78, 5) is 37.8.